The third kappa shape index (κ3) is 4.18. The van der Waals surface area contributed by atoms with Gasteiger partial charge in [0, 0.05) is 21.5 Å². The maximum atomic E-state index is 3.64. The Bertz CT molecular complexity index is 564. The lowest BCUT2D eigenvalue weighted by Crippen LogP contribution is -2.20. The predicted molar refractivity (Wildman–Crippen MR) is 92.9 cm³/mol. The van der Waals surface area contributed by atoms with Crippen molar-refractivity contribution in [2.45, 2.75) is 32.9 Å². The van der Waals surface area contributed by atoms with Gasteiger partial charge in [-0.15, -0.1) is 0 Å². The summed E-state index contributed by atoms with van der Waals surface area (Å²) < 4.78 is 2.30. The second kappa shape index (κ2) is 7.39. The second-order valence-electron chi connectivity index (χ2n) is 4.99. The number of nitrogens with one attached hydrogen (secondary N) is 1. The molecular formula is C17H19Br2N. The zero-order chi connectivity index (χ0) is 14.5. The summed E-state index contributed by atoms with van der Waals surface area (Å²) in [5.41, 5.74) is 3.91. The van der Waals surface area contributed by atoms with Crippen molar-refractivity contribution in [1.29, 1.82) is 0 Å². The van der Waals surface area contributed by atoms with Gasteiger partial charge in [0.15, 0.2) is 0 Å². The molecule has 0 saturated heterocycles. The van der Waals surface area contributed by atoms with Crippen molar-refractivity contribution in [3.8, 4) is 0 Å². The number of hydrogen-bond donors (Lipinski definition) is 1. The van der Waals surface area contributed by atoms with Gasteiger partial charge in [-0.25, -0.2) is 0 Å². The molecule has 1 unspecified atom stereocenters. The third-order valence-corrected chi connectivity index (χ3v) is 4.69. The Hall–Kier alpha value is -0.640. The summed E-state index contributed by atoms with van der Waals surface area (Å²) in [6.45, 7) is 5.19. The summed E-state index contributed by atoms with van der Waals surface area (Å²) in [6, 6.07) is 15.4. The van der Waals surface area contributed by atoms with Crippen molar-refractivity contribution >= 4 is 31.9 Å². The maximum Gasteiger partial charge on any atom is 0.0320 e. The van der Waals surface area contributed by atoms with Gasteiger partial charge in [-0.3, -0.25) is 0 Å². The molecule has 0 aliphatic heterocycles. The van der Waals surface area contributed by atoms with E-state index in [4.69, 9.17) is 0 Å². The van der Waals surface area contributed by atoms with Gasteiger partial charge in [0.05, 0.1) is 0 Å². The summed E-state index contributed by atoms with van der Waals surface area (Å²) in [4.78, 5) is 0. The molecular weight excluding hydrogens is 378 g/mol. The van der Waals surface area contributed by atoms with Gasteiger partial charge in [0.2, 0.25) is 0 Å². The van der Waals surface area contributed by atoms with E-state index in [0.717, 1.165) is 17.4 Å². The van der Waals surface area contributed by atoms with Crippen molar-refractivity contribution < 1.29 is 0 Å². The van der Waals surface area contributed by atoms with Crippen molar-refractivity contribution in [1.82, 2.24) is 5.32 Å². The van der Waals surface area contributed by atoms with E-state index in [1.807, 2.05) is 0 Å². The van der Waals surface area contributed by atoms with E-state index in [-0.39, 0.29) is 0 Å². The minimum Gasteiger partial charge on any atom is -0.306 e. The van der Waals surface area contributed by atoms with Crippen LogP contribution in [0.25, 0.3) is 0 Å². The molecule has 0 saturated carbocycles. The number of hydrogen-bond acceptors (Lipinski definition) is 1. The normalized spacial score (nSPS) is 12.4. The first-order chi connectivity index (χ1) is 9.60. The lowest BCUT2D eigenvalue weighted by Gasteiger charge is -2.18. The van der Waals surface area contributed by atoms with Crippen LogP contribution in [0.1, 0.15) is 36.1 Å². The van der Waals surface area contributed by atoms with Crippen LogP contribution in [0.2, 0.25) is 0 Å². The molecule has 0 bridgehead atoms. The van der Waals surface area contributed by atoms with Crippen LogP contribution in [0, 0.1) is 6.92 Å². The van der Waals surface area contributed by atoms with Gasteiger partial charge in [-0.2, -0.15) is 0 Å². The highest BCUT2D eigenvalue weighted by atomic mass is 79.9. The van der Waals surface area contributed by atoms with Crippen molar-refractivity contribution in [2.24, 2.45) is 0 Å². The van der Waals surface area contributed by atoms with Crippen LogP contribution >= 0.6 is 31.9 Å². The van der Waals surface area contributed by atoms with Gasteiger partial charge in [0.25, 0.3) is 0 Å². The van der Waals surface area contributed by atoms with Crippen LogP contribution in [0.3, 0.4) is 0 Å². The summed E-state index contributed by atoms with van der Waals surface area (Å²) in [6.07, 6.45) is 1.07. The highest BCUT2D eigenvalue weighted by molar-refractivity contribution is 9.10. The molecule has 2 aromatic rings. The highest BCUT2D eigenvalue weighted by Gasteiger charge is 2.09. The monoisotopic (exact) mass is 395 g/mol. The molecule has 2 rings (SSSR count). The molecule has 0 aliphatic rings. The van der Waals surface area contributed by atoms with E-state index >= 15 is 0 Å². The molecule has 2 aromatic carbocycles. The molecule has 3 heteroatoms. The van der Waals surface area contributed by atoms with Crippen LogP contribution in [-0.4, -0.2) is 0 Å². The second-order valence-corrected chi connectivity index (χ2v) is 6.76. The zero-order valence-corrected chi connectivity index (χ0v) is 15.0. The molecule has 0 amide bonds. The average Bonchev–Trinajstić information content (AvgIpc) is 2.43. The molecule has 0 heterocycles. The fraction of sp³-hybridized carbons (Fsp3) is 0.294. The van der Waals surface area contributed by atoms with Crippen LogP contribution in [0.15, 0.2) is 51.4 Å². The average molecular weight is 397 g/mol. The quantitative estimate of drug-likeness (QED) is 0.677. The fourth-order valence-electron chi connectivity index (χ4n) is 2.22. The van der Waals surface area contributed by atoms with E-state index in [9.17, 15) is 0 Å². The van der Waals surface area contributed by atoms with E-state index in [1.165, 1.54) is 21.2 Å². The molecule has 106 valence electrons. The summed E-state index contributed by atoms with van der Waals surface area (Å²) >= 11 is 7.12. The molecule has 20 heavy (non-hydrogen) atoms. The van der Waals surface area contributed by atoms with Crippen molar-refractivity contribution in [3.63, 3.8) is 0 Å². The SMILES string of the molecule is CCC(NCc1ccc(C)cc1Br)c1ccc(Br)cc1. The van der Waals surface area contributed by atoms with Gasteiger partial charge in [0.1, 0.15) is 0 Å². The van der Waals surface area contributed by atoms with Crippen LogP contribution in [0.5, 0.6) is 0 Å². The van der Waals surface area contributed by atoms with Gasteiger partial charge < -0.3 is 5.32 Å². The van der Waals surface area contributed by atoms with Gasteiger partial charge in [-0.05, 0) is 48.2 Å². The van der Waals surface area contributed by atoms with Crippen LogP contribution in [0.4, 0.5) is 0 Å². The highest BCUT2D eigenvalue weighted by Crippen LogP contribution is 2.22. The minimum atomic E-state index is 0.385. The topological polar surface area (TPSA) is 12.0 Å². The van der Waals surface area contributed by atoms with Crippen LogP contribution < -0.4 is 5.32 Å². The first kappa shape index (κ1) is 15.7. The Morgan fingerprint density at radius 1 is 1.05 bits per heavy atom. The molecule has 0 fully saturated rings. The van der Waals surface area contributed by atoms with Gasteiger partial charge in [-0.1, -0.05) is 63.0 Å². The molecule has 1 N–H and O–H groups in total. The van der Waals surface area contributed by atoms with Crippen molar-refractivity contribution in [2.75, 3.05) is 0 Å². The fourth-order valence-corrected chi connectivity index (χ4v) is 3.12. The maximum absolute atomic E-state index is 3.64. The standard InChI is InChI=1S/C17H19Br2N/c1-3-17(13-6-8-15(18)9-7-13)20-11-14-5-4-12(2)10-16(14)19/h4-10,17,20H,3,11H2,1-2H3. The van der Waals surface area contributed by atoms with E-state index in [1.54, 1.807) is 0 Å². The molecule has 0 radical (unpaired) electrons. The summed E-state index contributed by atoms with van der Waals surface area (Å²) in [5, 5.41) is 3.64. The predicted octanol–water partition coefficient (Wildman–Crippen LogP) is 5.76. The zero-order valence-electron chi connectivity index (χ0n) is 11.8. The molecule has 0 aromatic heterocycles. The number of benzene rings is 2. The minimum absolute atomic E-state index is 0.385. The molecule has 1 nitrogen and oxygen atoms in total. The Kier molecular flexibility index (Phi) is 5.82. The largest absolute Gasteiger partial charge is 0.306 e. The number of aryl methyl sites for hydroxylation is 1. The van der Waals surface area contributed by atoms with Gasteiger partial charge >= 0.3 is 0 Å². The Morgan fingerprint density at radius 3 is 2.35 bits per heavy atom. The first-order valence-electron chi connectivity index (χ1n) is 6.84. The smallest absolute Gasteiger partial charge is 0.0320 e. The third-order valence-electron chi connectivity index (χ3n) is 3.43. The summed E-state index contributed by atoms with van der Waals surface area (Å²) in [5.74, 6) is 0. The van der Waals surface area contributed by atoms with E-state index < -0.39 is 0 Å². The van der Waals surface area contributed by atoms with Crippen LogP contribution in [-0.2, 0) is 6.54 Å². The summed E-state index contributed by atoms with van der Waals surface area (Å²) in [7, 11) is 0. The first-order valence-corrected chi connectivity index (χ1v) is 8.42. The van der Waals surface area contributed by atoms with E-state index in [0.29, 0.717) is 6.04 Å². The lowest BCUT2D eigenvalue weighted by molar-refractivity contribution is 0.518. The Labute approximate surface area is 138 Å². The van der Waals surface area contributed by atoms with E-state index in [2.05, 4.69) is 93.5 Å². The van der Waals surface area contributed by atoms with Crippen molar-refractivity contribution in [3.05, 3.63) is 68.1 Å². The number of halogens is 2. The number of rotatable bonds is 5. The lowest BCUT2D eigenvalue weighted by atomic mass is 10.0. The molecule has 0 aliphatic carbocycles. The Balaban J connectivity index is 2.05. The molecule has 0 spiro atoms. The Morgan fingerprint density at radius 2 is 1.75 bits per heavy atom. The molecule has 1 atom stereocenters.